The molecule has 0 aliphatic carbocycles. The van der Waals surface area contributed by atoms with Gasteiger partial charge in [-0.25, -0.2) is 0 Å². The SMILES string of the molecule is Clc1noc(Cc2ccccc2Cl)n1. The van der Waals surface area contributed by atoms with Gasteiger partial charge in [0.1, 0.15) is 0 Å². The summed E-state index contributed by atoms with van der Waals surface area (Å²) in [6, 6.07) is 7.49. The van der Waals surface area contributed by atoms with E-state index < -0.39 is 0 Å². The zero-order valence-corrected chi connectivity index (χ0v) is 8.59. The highest BCUT2D eigenvalue weighted by atomic mass is 35.5. The van der Waals surface area contributed by atoms with Gasteiger partial charge in [0.25, 0.3) is 5.28 Å². The molecule has 2 aromatic rings. The lowest BCUT2D eigenvalue weighted by Gasteiger charge is -1.98. The fraction of sp³-hybridized carbons (Fsp3) is 0.111. The normalized spacial score (nSPS) is 10.4. The molecule has 0 unspecified atom stereocenters. The summed E-state index contributed by atoms with van der Waals surface area (Å²) in [4.78, 5) is 3.88. The van der Waals surface area contributed by atoms with Crippen molar-refractivity contribution >= 4 is 23.2 Å². The Hall–Kier alpha value is -1.06. The molecular formula is C9H6Cl2N2O. The zero-order chi connectivity index (χ0) is 9.97. The summed E-state index contributed by atoms with van der Waals surface area (Å²) in [7, 11) is 0. The lowest BCUT2D eigenvalue weighted by atomic mass is 10.1. The van der Waals surface area contributed by atoms with E-state index in [1.807, 2.05) is 24.3 Å². The maximum atomic E-state index is 5.96. The lowest BCUT2D eigenvalue weighted by Crippen LogP contribution is -1.88. The molecule has 0 radical (unpaired) electrons. The monoisotopic (exact) mass is 228 g/mol. The first-order valence-corrected chi connectivity index (χ1v) is 4.73. The van der Waals surface area contributed by atoms with E-state index in [-0.39, 0.29) is 5.28 Å². The predicted molar refractivity (Wildman–Crippen MR) is 53.6 cm³/mol. The number of hydrogen-bond acceptors (Lipinski definition) is 3. The summed E-state index contributed by atoms with van der Waals surface area (Å²) in [5, 5.41) is 4.28. The Balaban J connectivity index is 2.23. The molecule has 0 spiro atoms. The van der Waals surface area contributed by atoms with Gasteiger partial charge in [-0.05, 0) is 28.4 Å². The van der Waals surface area contributed by atoms with Crippen LogP contribution in [0.15, 0.2) is 28.8 Å². The standard InChI is InChI=1S/C9H6Cl2N2O/c10-7-4-2-1-3-6(7)5-8-12-9(11)13-14-8/h1-4H,5H2. The fourth-order valence-electron chi connectivity index (χ4n) is 1.11. The minimum absolute atomic E-state index is 0.118. The Morgan fingerprint density at radius 2 is 2.00 bits per heavy atom. The molecule has 0 atom stereocenters. The van der Waals surface area contributed by atoms with Crippen LogP contribution in [0.5, 0.6) is 0 Å². The van der Waals surface area contributed by atoms with Crippen molar-refractivity contribution in [1.29, 1.82) is 0 Å². The number of hydrogen-bond donors (Lipinski definition) is 0. The highest BCUT2D eigenvalue weighted by Gasteiger charge is 2.07. The van der Waals surface area contributed by atoms with Crippen molar-refractivity contribution in [3.05, 3.63) is 46.0 Å². The minimum Gasteiger partial charge on any atom is -0.338 e. The molecule has 0 N–H and O–H groups in total. The van der Waals surface area contributed by atoms with Crippen molar-refractivity contribution in [2.24, 2.45) is 0 Å². The second kappa shape index (κ2) is 3.98. The zero-order valence-electron chi connectivity index (χ0n) is 7.08. The molecule has 0 aliphatic heterocycles. The van der Waals surface area contributed by atoms with Crippen LogP contribution in [0.1, 0.15) is 11.5 Å². The van der Waals surface area contributed by atoms with E-state index in [1.54, 1.807) is 0 Å². The second-order valence-corrected chi connectivity index (χ2v) is 3.47. The van der Waals surface area contributed by atoms with Crippen LogP contribution in [0.4, 0.5) is 0 Å². The summed E-state index contributed by atoms with van der Waals surface area (Å²) in [6.45, 7) is 0. The predicted octanol–water partition coefficient (Wildman–Crippen LogP) is 2.97. The topological polar surface area (TPSA) is 38.9 Å². The number of benzene rings is 1. The second-order valence-electron chi connectivity index (χ2n) is 2.73. The van der Waals surface area contributed by atoms with Crippen LogP contribution in [0.25, 0.3) is 0 Å². The number of halogens is 2. The molecule has 0 fully saturated rings. The average molecular weight is 229 g/mol. The number of nitrogens with zero attached hydrogens (tertiary/aromatic N) is 2. The highest BCUT2D eigenvalue weighted by Crippen LogP contribution is 2.18. The van der Waals surface area contributed by atoms with Crippen molar-refractivity contribution in [2.45, 2.75) is 6.42 Å². The van der Waals surface area contributed by atoms with Crippen LogP contribution in [-0.2, 0) is 6.42 Å². The van der Waals surface area contributed by atoms with Crippen LogP contribution in [0.3, 0.4) is 0 Å². The Labute approximate surface area is 90.6 Å². The molecule has 0 aliphatic rings. The summed E-state index contributed by atoms with van der Waals surface area (Å²) >= 11 is 11.5. The summed E-state index contributed by atoms with van der Waals surface area (Å²) in [6.07, 6.45) is 0.499. The van der Waals surface area contributed by atoms with Crippen LogP contribution < -0.4 is 0 Å². The molecule has 72 valence electrons. The van der Waals surface area contributed by atoms with E-state index >= 15 is 0 Å². The largest absolute Gasteiger partial charge is 0.338 e. The third-order valence-corrected chi connectivity index (χ3v) is 2.27. The molecule has 0 bridgehead atoms. The smallest absolute Gasteiger partial charge is 0.263 e. The Morgan fingerprint density at radius 3 is 2.64 bits per heavy atom. The first-order valence-electron chi connectivity index (χ1n) is 3.97. The number of aromatic nitrogens is 2. The molecule has 3 nitrogen and oxygen atoms in total. The Bertz CT molecular complexity index is 442. The number of rotatable bonds is 2. The van der Waals surface area contributed by atoms with Gasteiger partial charge < -0.3 is 4.52 Å². The van der Waals surface area contributed by atoms with E-state index in [0.29, 0.717) is 17.3 Å². The third-order valence-electron chi connectivity index (χ3n) is 1.74. The van der Waals surface area contributed by atoms with Gasteiger partial charge in [-0.15, -0.1) is 0 Å². The van der Waals surface area contributed by atoms with Gasteiger partial charge in [0.2, 0.25) is 5.89 Å². The fourth-order valence-corrected chi connectivity index (χ4v) is 1.44. The summed E-state index contributed by atoms with van der Waals surface area (Å²) in [5.41, 5.74) is 0.939. The van der Waals surface area contributed by atoms with Gasteiger partial charge in [0, 0.05) is 5.02 Å². The molecular weight excluding hydrogens is 223 g/mol. The first kappa shape index (κ1) is 9.49. The highest BCUT2D eigenvalue weighted by molar-refractivity contribution is 6.31. The van der Waals surface area contributed by atoms with Crippen molar-refractivity contribution < 1.29 is 4.52 Å². The molecule has 14 heavy (non-hydrogen) atoms. The van der Waals surface area contributed by atoms with Gasteiger partial charge in [-0.3, -0.25) is 0 Å². The molecule has 0 saturated carbocycles. The van der Waals surface area contributed by atoms with Gasteiger partial charge in [0.15, 0.2) is 0 Å². The molecule has 0 saturated heterocycles. The van der Waals surface area contributed by atoms with Crippen molar-refractivity contribution in [2.75, 3.05) is 0 Å². The van der Waals surface area contributed by atoms with Crippen molar-refractivity contribution in [3.63, 3.8) is 0 Å². The molecule has 1 aromatic heterocycles. The molecule has 5 heteroatoms. The van der Waals surface area contributed by atoms with Crippen molar-refractivity contribution in [3.8, 4) is 0 Å². The van der Waals surface area contributed by atoms with E-state index in [1.165, 1.54) is 0 Å². The molecule has 1 aromatic carbocycles. The van der Waals surface area contributed by atoms with E-state index in [9.17, 15) is 0 Å². The first-order chi connectivity index (χ1) is 6.75. The van der Waals surface area contributed by atoms with Crippen LogP contribution in [0.2, 0.25) is 10.3 Å². The molecule has 0 amide bonds. The van der Waals surface area contributed by atoms with E-state index in [0.717, 1.165) is 5.56 Å². The maximum Gasteiger partial charge on any atom is 0.263 e. The molecule has 2 rings (SSSR count). The quantitative estimate of drug-likeness (QED) is 0.794. The van der Waals surface area contributed by atoms with Crippen molar-refractivity contribution in [1.82, 2.24) is 10.1 Å². The Kier molecular flexibility index (Phi) is 2.70. The van der Waals surface area contributed by atoms with Crippen LogP contribution in [0, 0.1) is 0 Å². The summed E-state index contributed by atoms with van der Waals surface area (Å²) < 4.78 is 4.87. The Morgan fingerprint density at radius 1 is 1.21 bits per heavy atom. The van der Waals surface area contributed by atoms with Gasteiger partial charge in [-0.2, -0.15) is 4.98 Å². The van der Waals surface area contributed by atoms with E-state index in [2.05, 4.69) is 10.1 Å². The minimum atomic E-state index is 0.118. The maximum absolute atomic E-state index is 5.96. The van der Waals surface area contributed by atoms with Crippen LogP contribution in [-0.4, -0.2) is 10.1 Å². The lowest BCUT2D eigenvalue weighted by molar-refractivity contribution is 0.384. The van der Waals surface area contributed by atoms with Gasteiger partial charge in [-0.1, -0.05) is 29.8 Å². The summed E-state index contributed by atoms with van der Waals surface area (Å²) in [5.74, 6) is 0.461. The van der Waals surface area contributed by atoms with Gasteiger partial charge >= 0.3 is 0 Å². The molecule has 1 heterocycles. The van der Waals surface area contributed by atoms with Crippen LogP contribution >= 0.6 is 23.2 Å². The van der Waals surface area contributed by atoms with Gasteiger partial charge in [0.05, 0.1) is 6.42 Å². The average Bonchev–Trinajstić information content (AvgIpc) is 2.56. The third kappa shape index (κ3) is 2.05. The van der Waals surface area contributed by atoms with E-state index in [4.69, 9.17) is 27.7 Å².